The van der Waals surface area contributed by atoms with Crippen molar-refractivity contribution in [2.45, 2.75) is 20.0 Å². The number of nitrogens with one attached hydrogen (secondary N) is 2. The predicted molar refractivity (Wildman–Crippen MR) is 121 cm³/mol. The summed E-state index contributed by atoms with van der Waals surface area (Å²) in [6.07, 6.45) is 0. The van der Waals surface area contributed by atoms with Crippen molar-refractivity contribution in [2.24, 2.45) is 0 Å². The fourth-order valence-corrected chi connectivity index (χ4v) is 3.50. The number of hydrogen-bond donors (Lipinski definition) is 2. The predicted octanol–water partition coefficient (Wildman–Crippen LogP) is 1.88. The number of piperazine rings is 1. The van der Waals surface area contributed by atoms with Crippen molar-refractivity contribution in [2.75, 3.05) is 46.4 Å². The zero-order valence-corrected chi connectivity index (χ0v) is 18.4. The van der Waals surface area contributed by atoms with Crippen molar-refractivity contribution in [3.63, 3.8) is 0 Å². The van der Waals surface area contributed by atoms with Gasteiger partial charge in [-0.25, -0.2) is 0 Å². The Labute approximate surface area is 184 Å². The van der Waals surface area contributed by atoms with Gasteiger partial charge >= 0.3 is 0 Å². The van der Waals surface area contributed by atoms with Gasteiger partial charge in [0.2, 0.25) is 5.91 Å². The molecule has 1 saturated heterocycles. The van der Waals surface area contributed by atoms with Crippen LogP contribution in [0.1, 0.15) is 28.4 Å². The molecule has 0 saturated carbocycles. The van der Waals surface area contributed by atoms with E-state index in [1.807, 2.05) is 19.1 Å². The first kappa shape index (κ1) is 22.8. The maximum absolute atomic E-state index is 12.2. The molecule has 1 heterocycles. The van der Waals surface area contributed by atoms with Crippen LogP contribution in [-0.2, 0) is 17.9 Å². The van der Waals surface area contributed by atoms with Gasteiger partial charge in [0.1, 0.15) is 5.75 Å². The Morgan fingerprint density at radius 1 is 0.968 bits per heavy atom. The largest absolute Gasteiger partial charge is 0.494 e. The van der Waals surface area contributed by atoms with Crippen molar-refractivity contribution in [1.29, 1.82) is 0 Å². The standard InChI is InChI=1S/C24H32N4O3/c1-3-31-22-9-7-21(8-10-22)24(30)26-17-23(29)25-16-19-5-4-6-20(15-19)18-28-13-11-27(2)12-14-28/h4-10,15H,3,11-14,16-18H2,1-2H3,(H,25,29)(H,26,30). The highest BCUT2D eigenvalue weighted by atomic mass is 16.5. The van der Waals surface area contributed by atoms with E-state index in [1.54, 1.807) is 24.3 Å². The summed E-state index contributed by atoms with van der Waals surface area (Å²) in [5.74, 6) is 0.211. The maximum atomic E-state index is 12.2. The molecule has 2 amide bonds. The minimum absolute atomic E-state index is 0.0625. The molecule has 2 N–H and O–H groups in total. The van der Waals surface area contributed by atoms with E-state index in [-0.39, 0.29) is 18.4 Å². The summed E-state index contributed by atoms with van der Waals surface area (Å²) in [5.41, 5.74) is 2.80. The zero-order chi connectivity index (χ0) is 22.1. The first-order valence-corrected chi connectivity index (χ1v) is 10.8. The van der Waals surface area contributed by atoms with Gasteiger partial charge in [0.05, 0.1) is 13.2 Å². The van der Waals surface area contributed by atoms with Gasteiger partial charge in [-0.3, -0.25) is 14.5 Å². The quantitative estimate of drug-likeness (QED) is 0.643. The molecular formula is C24H32N4O3. The smallest absolute Gasteiger partial charge is 0.251 e. The normalized spacial score (nSPS) is 14.8. The lowest BCUT2D eigenvalue weighted by Crippen LogP contribution is -2.43. The first-order chi connectivity index (χ1) is 15.0. The summed E-state index contributed by atoms with van der Waals surface area (Å²) in [5, 5.41) is 5.53. The molecule has 0 radical (unpaired) electrons. The van der Waals surface area contributed by atoms with Gasteiger partial charge in [-0.2, -0.15) is 0 Å². The molecule has 0 atom stereocenters. The second kappa shape index (κ2) is 11.5. The molecule has 0 aromatic heterocycles. The molecule has 2 aromatic rings. The van der Waals surface area contributed by atoms with Crippen LogP contribution in [0, 0.1) is 0 Å². The number of carbonyl (C=O) groups is 2. The molecular weight excluding hydrogens is 392 g/mol. The van der Waals surface area contributed by atoms with E-state index in [4.69, 9.17) is 4.74 Å². The number of carbonyl (C=O) groups excluding carboxylic acids is 2. The SMILES string of the molecule is CCOc1ccc(C(=O)NCC(=O)NCc2cccc(CN3CCN(C)CC3)c2)cc1. The molecule has 1 aliphatic rings. The first-order valence-electron chi connectivity index (χ1n) is 10.8. The number of nitrogens with zero attached hydrogens (tertiary/aromatic N) is 2. The van der Waals surface area contributed by atoms with Gasteiger partial charge in [-0.1, -0.05) is 24.3 Å². The number of rotatable bonds is 9. The molecule has 0 aliphatic carbocycles. The van der Waals surface area contributed by atoms with Crippen LogP contribution in [0.15, 0.2) is 48.5 Å². The minimum Gasteiger partial charge on any atom is -0.494 e. The van der Waals surface area contributed by atoms with Gasteiger partial charge in [-0.15, -0.1) is 0 Å². The summed E-state index contributed by atoms with van der Waals surface area (Å²) < 4.78 is 5.37. The fourth-order valence-electron chi connectivity index (χ4n) is 3.50. The highest BCUT2D eigenvalue weighted by Gasteiger charge is 2.14. The number of amides is 2. The molecule has 0 spiro atoms. The van der Waals surface area contributed by atoms with Crippen LogP contribution in [0.3, 0.4) is 0 Å². The van der Waals surface area contributed by atoms with Crippen LogP contribution in [0.25, 0.3) is 0 Å². The summed E-state index contributed by atoms with van der Waals surface area (Å²) in [7, 11) is 2.15. The van der Waals surface area contributed by atoms with Crippen molar-refractivity contribution in [1.82, 2.24) is 20.4 Å². The highest BCUT2D eigenvalue weighted by molar-refractivity contribution is 5.96. The van der Waals surface area contributed by atoms with E-state index in [0.29, 0.717) is 24.5 Å². The van der Waals surface area contributed by atoms with Crippen LogP contribution in [0.2, 0.25) is 0 Å². The van der Waals surface area contributed by atoms with E-state index < -0.39 is 0 Å². The third-order valence-electron chi connectivity index (χ3n) is 5.32. The maximum Gasteiger partial charge on any atom is 0.251 e. The van der Waals surface area contributed by atoms with E-state index >= 15 is 0 Å². The lowest BCUT2D eigenvalue weighted by Gasteiger charge is -2.32. The van der Waals surface area contributed by atoms with Gasteiger partial charge in [0, 0.05) is 44.8 Å². The molecule has 31 heavy (non-hydrogen) atoms. The molecule has 2 aromatic carbocycles. The lowest BCUT2D eigenvalue weighted by atomic mass is 10.1. The Morgan fingerprint density at radius 2 is 1.68 bits per heavy atom. The molecule has 3 rings (SSSR count). The van der Waals surface area contributed by atoms with E-state index in [0.717, 1.165) is 38.3 Å². The Morgan fingerprint density at radius 3 is 2.39 bits per heavy atom. The van der Waals surface area contributed by atoms with Crippen molar-refractivity contribution in [3.8, 4) is 5.75 Å². The van der Waals surface area contributed by atoms with Crippen LogP contribution in [0.4, 0.5) is 0 Å². The Balaban J connectivity index is 1.41. The van der Waals surface area contributed by atoms with Gasteiger partial charge in [0.25, 0.3) is 5.91 Å². The minimum atomic E-state index is -0.285. The van der Waals surface area contributed by atoms with E-state index in [9.17, 15) is 9.59 Å². The van der Waals surface area contributed by atoms with Crippen LogP contribution in [-0.4, -0.2) is 68.0 Å². The molecule has 0 unspecified atom stereocenters. The Bertz CT molecular complexity index is 861. The topological polar surface area (TPSA) is 73.9 Å². The van der Waals surface area contributed by atoms with Crippen molar-refractivity contribution in [3.05, 3.63) is 65.2 Å². The molecule has 1 aliphatic heterocycles. The number of hydrogen-bond acceptors (Lipinski definition) is 5. The van der Waals surface area contributed by atoms with Crippen molar-refractivity contribution < 1.29 is 14.3 Å². The summed E-state index contributed by atoms with van der Waals surface area (Å²) in [6.45, 7) is 8.12. The average Bonchev–Trinajstić information content (AvgIpc) is 2.78. The third kappa shape index (κ3) is 7.38. The number of ether oxygens (including phenoxy) is 1. The third-order valence-corrected chi connectivity index (χ3v) is 5.32. The molecule has 0 bridgehead atoms. The molecule has 1 fully saturated rings. The summed E-state index contributed by atoms with van der Waals surface area (Å²) in [6, 6.07) is 15.2. The second-order valence-electron chi connectivity index (χ2n) is 7.82. The molecule has 7 heteroatoms. The summed E-state index contributed by atoms with van der Waals surface area (Å²) in [4.78, 5) is 29.2. The monoisotopic (exact) mass is 424 g/mol. The lowest BCUT2D eigenvalue weighted by molar-refractivity contribution is -0.120. The molecule has 7 nitrogen and oxygen atoms in total. The molecule has 166 valence electrons. The van der Waals surface area contributed by atoms with Gasteiger partial charge in [0.15, 0.2) is 0 Å². The van der Waals surface area contributed by atoms with Gasteiger partial charge < -0.3 is 20.3 Å². The van der Waals surface area contributed by atoms with Crippen molar-refractivity contribution >= 4 is 11.8 Å². The highest BCUT2D eigenvalue weighted by Crippen LogP contribution is 2.12. The van der Waals surface area contributed by atoms with Crippen LogP contribution in [0.5, 0.6) is 5.75 Å². The second-order valence-corrected chi connectivity index (χ2v) is 7.82. The average molecular weight is 425 g/mol. The zero-order valence-electron chi connectivity index (χ0n) is 18.4. The fraction of sp³-hybridized carbons (Fsp3) is 0.417. The van der Waals surface area contributed by atoms with E-state index in [1.165, 1.54) is 5.56 Å². The summed E-state index contributed by atoms with van der Waals surface area (Å²) >= 11 is 0. The Kier molecular flexibility index (Phi) is 8.44. The number of likely N-dealkylation sites (N-methyl/N-ethyl adjacent to an activating group) is 1. The Hall–Kier alpha value is -2.90. The number of benzene rings is 2. The van der Waals surface area contributed by atoms with E-state index in [2.05, 4.69) is 39.6 Å². The van der Waals surface area contributed by atoms with Gasteiger partial charge in [-0.05, 0) is 49.4 Å². The van der Waals surface area contributed by atoms with Crippen LogP contribution >= 0.6 is 0 Å². The van der Waals surface area contributed by atoms with Crippen LogP contribution < -0.4 is 15.4 Å².